The molecule has 0 unspecified atom stereocenters. The maximum Gasteiger partial charge on any atom is 0.234 e. The smallest absolute Gasteiger partial charge is 0.234 e. The van der Waals surface area contributed by atoms with E-state index < -0.39 is 5.66 Å². The molecular formula is C23H24FN3O2S. The van der Waals surface area contributed by atoms with Crippen molar-refractivity contribution in [3.63, 3.8) is 0 Å². The molecule has 1 heterocycles. The maximum atomic E-state index is 13.4. The maximum absolute atomic E-state index is 13.4. The largest absolute Gasteiger partial charge is 0.497 e. The van der Waals surface area contributed by atoms with Gasteiger partial charge in [-0.3, -0.25) is 9.79 Å². The molecule has 7 heteroatoms. The molecule has 30 heavy (non-hydrogen) atoms. The molecule has 2 aromatic rings. The lowest BCUT2D eigenvalue weighted by atomic mass is 9.90. The molecule has 0 bridgehead atoms. The number of rotatable bonds is 5. The van der Waals surface area contributed by atoms with Crippen molar-refractivity contribution in [3.05, 3.63) is 59.9 Å². The van der Waals surface area contributed by atoms with E-state index in [2.05, 4.69) is 5.32 Å². The van der Waals surface area contributed by atoms with Gasteiger partial charge in [0.25, 0.3) is 0 Å². The van der Waals surface area contributed by atoms with Gasteiger partial charge >= 0.3 is 0 Å². The monoisotopic (exact) mass is 425 g/mol. The highest BCUT2D eigenvalue weighted by Crippen LogP contribution is 2.38. The van der Waals surface area contributed by atoms with Crippen LogP contribution in [0.15, 0.2) is 58.5 Å². The van der Waals surface area contributed by atoms with E-state index in [9.17, 15) is 9.18 Å². The summed E-state index contributed by atoms with van der Waals surface area (Å²) in [7, 11) is 1.59. The quantitative estimate of drug-likeness (QED) is 0.728. The number of hydrogen-bond donors (Lipinski definition) is 1. The van der Waals surface area contributed by atoms with Gasteiger partial charge < -0.3 is 10.1 Å². The number of carbonyl (C=O) groups excluding carboxylic acids is 1. The highest BCUT2D eigenvalue weighted by Gasteiger charge is 2.37. The number of carbonyl (C=O) groups is 1. The number of anilines is 1. The number of ether oxygens (including phenoxy) is 1. The Morgan fingerprint density at radius 3 is 2.63 bits per heavy atom. The van der Waals surface area contributed by atoms with Crippen LogP contribution in [0.2, 0.25) is 0 Å². The summed E-state index contributed by atoms with van der Waals surface area (Å²) in [4.78, 5) is 22.4. The van der Waals surface area contributed by atoms with Crippen molar-refractivity contribution in [3.8, 4) is 5.75 Å². The van der Waals surface area contributed by atoms with E-state index >= 15 is 0 Å². The molecule has 1 aliphatic carbocycles. The summed E-state index contributed by atoms with van der Waals surface area (Å²) in [5.41, 5.74) is 1.85. The average molecular weight is 426 g/mol. The van der Waals surface area contributed by atoms with E-state index in [-0.39, 0.29) is 17.5 Å². The normalized spacial score (nSPS) is 17.4. The summed E-state index contributed by atoms with van der Waals surface area (Å²) in [5.74, 6) is 0.491. The first-order valence-electron chi connectivity index (χ1n) is 10.1. The van der Waals surface area contributed by atoms with E-state index in [1.165, 1.54) is 30.3 Å². The number of hydrogen-bond acceptors (Lipinski definition) is 5. The van der Waals surface area contributed by atoms with Crippen molar-refractivity contribution in [1.29, 1.82) is 0 Å². The summed E-state index contributed by atoms with van der Waals surface area (Å²) >= 11 is 1.38. The number of methoxy groups -OCH3 is 1. The first kappa shape index (κ1) is 20.6. The van der Waals surface area contributed by atoms with Gasteiger partial charge in [0.1, 0.15) is 16.6 Å². The zero-order valence-electron chi connectivity index (χ0n) is 16.9. The van der Waals surface area contributed by atoms with Crippen LogP contribution in [0.1, 0.15) is 37.7 Å². The minimum Gasteiger partial charge on any atom is -0.497 e. The van der Waals surface area contributed by atoms with Crippen LogP contribution < -0.4 is 10.1 Å². The lowest BCUT2D eigenvalue weighted by Gasteiger charge is -2.27. The van der Waals surface area contributed by atoms with Crippen molar-refractivity contribution in [2.24, 2.45) is 9.98 Å². The first-order valence-corrected chi connectivity index (χ1v) is 11.1. The molecule has 1 N–H and O–H groups in total. The van der Waals surface area contributed by atoms with Crippen LogP contribution in [0.3, 0.4) is 0 Å². The molecule has 1 spiro atoms. The predicted molar refractivity (Wildman–Crippen MR) is 120 cm³/mol. The summed E-state index contributed by atoms with van der Waals surface area (Å²) in [5, 5.41) is 3.64. The van der Waals surface area contributed by atoms with Crippen molar-refractivity contribution in [2.75, 3.05) is 18.2 Å². The SMILES string of the molecule is COc1cccc(NC(=O)CSC2=NC3(CCCCC3)N=C2c2ccc(F)cc2)c1. The fourth-order valence-corrected chi connectivity index (χ4v) is 4.67. The zero-order chi connectivity index (χ0) is 21.0. The lowest BCUT2D eigenvalue weighted by molar-refractivity contribution is -0.113. The molecule has 1 amide bonds. The molecular weight excluding hydrogens is 401 g/mol. The molecule has 5 nitrogen and oxygen atoms in total. The summed E-state index contributed by atoms with van der Waals surface area (Å²) in [6.45, 7) is 0. The number of nitrogens with zero attached hydrogens (tertiary/aromatic N) is 2. The number of nitrogens with one attached hydrogen (secondary N) is 1. The van der Waals surface area contributed by atoms with E-state index in [0.29, 0.717) is 11.4 Å². The number of amides is 1. The number of benzene rings is 2. The Balaban J connectivity index is 1.49. The minimum absolute atomic E-state index is 0.126. The molecule has 4 rings (SSSR count). The van der Waals surface area contributed by atoms with Gasteiger partial charge in [0.2, 0.25) is 5.91 Å². The van der Waals surface area contributed by atoms with Gasteiger partial charge in [0, 0.05) is 17.3 Å². The van der Waals surface area contributed by atoms with Crippen LogP contribution in [0.4, 0.5) is 10.1 Å². The number of thioether (sulfide) groups is 1. The summed E-state index contributed by atoms with van der Waals surface area (Å²) in [6, 6.07) is 13.6. The van der Waals surface area contributed by atoms with Crippen LogP contribution >= 0.6 is 11.8 Å². The first-order chi connectivity index (χ1) is 14.6. The standard InChI is InChI=1S/C23H24FN3O2S/c1-29-19-7-5-6-18(14-19)25-20(28)15-30-22-21(16-8-10-17(24)11-9-16)26-23(27-22)12-3-2-4-13-23/h5-11,14H,2-4,12-13,15H2,1H3,(H,25,28). The van der Waals surface area contributed by atoms with Crippen molar-refractivity contribution < 1.29 is 13.9 Å². The van der Waals surface area contributed by atoms with Gasteiger partial charge in [-0.25, -0.2) is 9.38 Å². The predicted octanol–water partition coefficient (Wildman–Crippen LogP) is 5.07. The second-order valence-electron chi connectivity index (χ2n) is 7.50. The van der Waals surface area contributed by atoms with E-state index in [1.807, 2.05) is 18.2 Å². The third-order valence-electron chi connectivity index (χ3n) is 5.30. The Morgan fingerprint density at radius 1 is 1.13 bits per heavy atom. The van der Waals surface area contributed by atoms with Crippen LogP contribution in [0, 0.1) is 5.82 Å². The molecule has 0 saturated heterocycles. The van der Waals surface area contributed by atoms with Gasteiger partial charge in [0.05, 0.1) is 18.6 Å². The molecule has 2 aliphatic rings. The van der Waals surface area contributed by atoms with Gasteiger partial charge in [-0.1, -0.05) is 24.2 Å². The minimum atomic E-state index is -0.423. The molecule has 156 valence electrons. The summed E-state index contributed by atoms with van der Waals surface area (Å²) in [6.07, 6.45) is 5.22. The fraction of sp³-hybridized carbons (Fsp3) is 0.348. The van der Waals surface area contributed by atoms with Gasteiger partial charge in [-0.15, -0.1) is 0 Å². The third-order valence-corrected chi connectivity index (χ3v) is 6.26. The van der Waals surface area contributed by atoms with Gasteiger partial charge in [-0.05, 0) is 62.1 Å². The van der Waals surface area contributed by atoms with Gasteiger partial charge in [0.15, 0.2) is 5.66 Å². The third kappa shape index (κ3) is 4.73. The van der Waals surface area contributed by atoms with Crippen LogP contribution in [0.25, 0.3) is 0 Å². The Morgan fingerprint density at radius 2 is 1.90 bits per heavy atom. The van der Waals surface area contributed by atoms with Gasteiger partial charge in [-0.2, -0.15) is 0 Å². The van der Waals surface area contributed by atoms with Crippen molar-refractivity contribution >= 4 is 34.1 Å². The van der Waals surface area contributed by atoms with E-state index in [0.717, 1.165) is 42.0 Å². The molecule has 0 atom stereocenters. The Labute approximate surface area is 179 Å². The molecule has 0 radical (unpaired) electrons. The molecule has 1 aliphatic heterocycles. The van der Waals surface area contributed by atoms with E-state index in [1.54, 1.807) is 25.3 Å². The molecule has 0 aromatic heterocycles. The van der Waals surface area contributed by atoms with Crippen LogP contribution in [0.5, 0.6) is 5.75 Å². The Kier molecular flexibility index (Phi) is 6.18. The molecule has 1 saturated carbocycles. The second-order valence-corrected chi connectivity index (χ2v) is 8.46. The van der Waals surface area contributed by atoms with Crippen LogP contribution in [-0.2, 0) is 4.79 Å². The highest BCUT2D eigenvalue weighted by molar-refractivity contribution is 8.16. The summed E-state index contributed by atoms with van der Waals surface area (Å²) < 4.78 is 18.6. The number of aliphatic imine (C=N–C) groups is 2. The average Bonchev–Trinajstić information content (AvgIpc) is 3.11. The number of halogens is 1. The Hall–Kier alpha value is -2.67. The van der Waals surface area contributed by atoms with E-state index in [4.69, 9.17) is 14.7 Å². The molecule has 2 aromatic carbocycles. The topological polar surface area (TPSA) is 63.0 Å². The zero-order valence-corrected chi connectivity index (χ0v) is 17.7. The Bertz CT molecular complexity index is 982. The fourth-order valence-electron chi connectivity index (χ4n) is 3.79. The van der Waals surface area contributed by atoms with Crippen molar-refractivity contribution in [1.82, 2.24) is 0 Å². The molecule has 1 fully saturated rings. The lowest BCUT2D eigenvalue weighted by Crippen LogP contribution is -2.25. The second kappa shape index (κ2) is 9.00. The van der Waals surface area contributed by atoms with Crippen molar-refractivity contribution in [2.45, 2.75) is 37.8 Å². The highest BCUT2D eigenvalue weighted by atomic mass is 32.2. The van der Waals surface area contributed by atoms with Crippen LogP contribution in [-0.4, -0.2) is 35.2 Å².